The highest BCUT2D eigenvalue weighted by Gasteiger charge is 2.27. The maximum atomic E-state index is 11.6. The summed E-state index contributed by atoms with van der Waals surface area (Å²) in [6.07, 6.45) is 2.27. The third-order valence-corrected chi connectivity index (χ3v) is 2.57. The maximum Gasteiger partial charge on any atom is 0.274 e. The smallest absolute Gasteiger partial charge is 0.274 e. The second kappa shape index (κ2) is 2.90. The van der Waals surface area contributed by atoms with Crippen molar-refractivity contribution in [3.05, 3.63) is 27.9 Å². The average Bonchev–Trinajstić information content (AvgIpc) is 2.98. The highest BCUT2D eigenvalue weighted by atomic mass is 16.1. The minimum absolute atomic E-state index is 0.153. The summed E-state index contributed by atoms with van der Waals surface area (Å²) in [5.74, 6) is 1.76. The zero-order chi connectivity index (χ0) is 10.4. The molecule has 3 N–H and O–H groups in total. The molecule has 15 heavy (non-hydrogen) atoms. The molecule has 2 aromatic rings. The Balaban J connectivity index is 2.24. The van der Waals surface area contributed by atoms with Gasteiger partial charge in [0.15, 0.2) is 0 Å². The zero-order valence-electron chi connectivity index (χ0n) is 8.10. The quantitative estimate of drug-likeness (QED) is 0.707. The number of nitrogens with two attached hydrogens (primary N) is 1. The van der Waals surface area contributed by atoms with E-state index in [1.54, 1.807) is 0 Å². The van der Waals surface area contributed by atoms with E-state index < -0.39 is 0 Å². The standard InChI is InChI=1S/C9H11N5O/c10-4-6-3-7(15)14-9(11-6)12-8(13-14)5-1-2-5/h3,5H,1-2,4,10H2,(H,11,12,13). The van der Waals surface area contributed by atoms with Gasteiger partial charge in [-0.25, -0.2) is 4.98 Å². The molecule has 0 bridgehead atoms. The van der Waals surface area contributed by atoms with Crippen molar-refractivity contribution in [3.63, 3.8) is 0 Å². The molecule has 0 amide bonds. The van der Waals surface area contributed by atoms with Crippen molar-refractivity contribution in [2.24, 2.45) is 5.73 Å². The van der Waals surface area contributed by atoms with Gasteiger partial charge in [-0.15, -0.1) is 0 Å². The fraction of sp³-hybridized carbons (Fsp3) is 0.444. The molecule has 0 aromatic carbocycles. The summed E-state index contributed by atoms with van der Waals surface area (Å²) in [7, 11) is 0. The molecule has 1 saturated carbocycles. The summed E-state index contributed by atoms with van der Waals surface area (Å²) in [5, 5.41) is 2.97. The Kier molecular flexibility index (Phi) is 1.66. The molecule has 1 aliphatic carbocycles. The SMILES string of the molecule is NCc1cc(=O)n2[nH]c(C3CC3)nc2n1. The van der Waals surface area contributed by atoms with Crippen LogP contribution in [0.3, 0.4) is 0 Å². The van der Waals surface area contributed by atoms with Crippen LogP contribution in [0.1, 0.15) is 30.3 Å². The van der Waals surface area contributed by atoms with Gasteiger partial charge in [-0.1, -0.05) is 0 Å². The molecule has 0 unspecified atom stereocenters. The number of hydrogen-bond donors (Lipinski definition) is 2. The molecule has 3 rings (SSSR count). The first-order valence-corrected chi connectivity index (χ1v) is 4.96. The summed E-state index contributed by atoms with van der Waals surface area (Å²) in [6.45, 7) is 0.261. The Morgan fingerprint density at radius 1 is 1.53 bits per heavy atom. The van der Waals surface area contributed by atoms with Crippen LogP contribution in [-0.4, -0.2) is 19.6 Å². The molecule has 0 radical (unpaired) electrons. The number of rotatable bonds is 2. The molecule has 6 heteroatoms. The lowest BCUT2D eigenvalue weighted by molar-refractivity contribution is 0.836. The van der Waals surface area contributed by atoms with Crippen molar-refractivity contribution >= 4 is 5.78 Å². The van der Waals surface area contributed by atoms with E-state index in [-0.39, 0.29) is 12.1 Å². The van der Waals surface area contributed by atoms with Gasteiger partial charge in [0.2, 0.25) is 0 Å². The van der Waals surface area contributed by atoms with E-state index in [9.17, 15) is 4.79 Å². The van der Waals surface area contributed by atoms with Gasteiger partial charge in [-0.05, 0) is 12.8 Å². The number of H-pyrrole nitrogens is 1. The minimum Gasteiger partial charge on any atom is -0.325 e. The third kappa shape index (κ3) is 1.33. The van der Waals surface area contributed by atoms with Crippen molar-refractivity contribution in [3.8, 4) is 0 Å². The predicted molar refractivity (Wildman–Crippen MR) is 53.5 cm³/mol. The first kappa shape index (κ1) is 8.60. The van der Waals surface area contributed by atoms with E-state index in [4.69, 9.17) is 5.73 Å². The molecule has 78 valence electrons. The molecule has 0 saturated heterocycles. The summed E-state index contributed by atoms with van der Waals surface area (Å²) >= 11 is 0. The van der Waals surface area contributed by atoms with Crippen LogP contribution in [0.25, 0.3) is 5.78 Å². The van der Waals surface area contributed by atoms with Crippen LogP contribution in [0.5, 0.6) is 0 Å². The van der Waals surface area contributed by atoms with Gasteiger partial charge in [-0.2, -0.15) is 9.50 Å². The molecule has 1 aliphatic rings. The van der Waals surface area contributed by atoms with Crippen LogP contribution in [0.2, 0.25) is 0 Å². The van der Waals surface area contributed by atoms with Crippen molar-refractivity contribution in [2.45, 2.75) is 25.3 Å². The number of hydrogen-bond acceptors (Lipinski definition) is 4. The van der Waals surface area contributed by atoms with Gasteiger partial charge in [0.1, 0.15) is 5.82 Å². The van der Waals surface area contributed by atoms with Gasteiger partial charge < -0.3 is 5.73 Å². The van der Waals surface area contributed by atoms with Crippen molar-refractivity contribution < 1.29 is 0 Å². The monoisotopic (exact) mass is 205 g/mol. The molecular weight excluding hydrogens is 194 g/mol. The molecule has 6 nitrogen and oxygen atoms in total. The molecule has 0 spiro atoms. The fourth-order valence-corrected chi connectivity index (χ4v) is 1.59. The molecule has 2 heterocycles. The van der Waals surface area contributed by atoms with Crippen LogP contribution in [0.15, 0.2) is 10.9 Å². The number of fused-ring (bicyclic) bond motifs is 1. The van der Waals surface area contributed by atoms with E-state index in [1.165, 1.54) is 10.6 Å². The minimum atomic E-state index is -0.153. The molecule has 1 fully saturated rings. The van der Waals surface area contributed by atoms with Crippen LogP contribution < -0.4 is 11.3 Å². The van der Waals surface area contributed by atoms with Crippen LogP contribution >= 0.6 is 0 Å². The number of aromatic nitrogens is 4. The van der Waals surface area contributed by atoms with Gasteiger partial charge in [0.05, 0.1) is 5.69 Å². The molecule has 0 aliphatic heterocycles. The van der Waals surface area contributed by atoms with Crippen LogP contribution in [0, 0.1) is 0 Å². The van der Waals surface area contributed by atoms with Crippen molar-refractivity contribution in [1.29, 1.82) is 0 Å². The lowest BCUT2D eigenvalue weighted by Crippen LogP contribution is -2.17. The van der Waals surface area contributed by atoms with Gasteiger partial charge in [0.25, 0.3) is 11.3 Å². The number of nitrogens with zero attached hydrogens (tertiary/aromatic N) is 3. The average molecular weight is 205 g/mol. The topological polar surface area (TPSA) is 89.1 Å². The second-order valence-electron chi connectivity index (χ2n) is 3.81. The first-order valence-electron chi connectivity index (χ1n) is 4.96. The maximum absolute atomic E-state index is 11.6. The van der Waals surface area contributed by atoms with E-state index in [1.807, 2.05) is 0 Å². The highest BCUT2D eigenvalue weighted by Crippen LogP contribution is 2.37. The van der Waals surface area contributed by atoms with Crippen molar-refractivity contribution in [1.82, 2.24) is 19.6 Å². The summed E-state index contributed by atoms with van der Waals surface area (Å²) in [4.78, 5) is 20.1. The lowest BCUT2D eigenvalue weighted by atomic mass is 10.4. The molecule has 0 atom stereocenters. The Morgan fingerprint density at radius 2 is 2.33 bits per heavy atom. The van der Waals surface area contributed by atoms with Crippen molar-refractivity contribution in [2.75, 3.05) is 0 Å². The number of nitrogens with one attached hydrogen (secondary N) is 1. The Bertz CT molecular complexity index is 565. The van der Waals surface area contributed by atoms with Gasteiger partial charge >= 0.3 is 0 Å². The Morgan fingerprint density at radius 3 is 3.00 bits per heavy atom. The summed E-state index contributed by atoms with van der Waals surface area (Å²) in [5.41, 5.74) is 5.86. The predicted octanol–water partition coefficient (Wildman–Crippen LogP) is -0.246. The van der Waals surface area contributed by atoms with Crippen LogP contribution in [0.4, 0.5) is 0 Å². The van der Waals surface area contributed by atoms with Gasteiger partial charge in [0, 0.05) is 18.5 Å². The third-order valence-electron chi connectivity index (χ3n) is 2.57. The molecule has 2 aromatic heterocycles. The fourth-order valence-electron chi connectivity index (χ4n) is 1.59. The summed E-state index contributed by atoms with van der Waals surface area (Å²) in [6, 6.07) is 1.43. The van der Waals surface area contributed by atoms with E-state index in [0.29, 0.717) is 17.4 Å². The zero-order valence-corrected chi connectivity index (χ0v) is 8.10. The normalized spacial score (nSPS) is 16.1. The highest BCUT2D eigenvalue weighted by molar-refractivity contribution is 5.29. The Labute approximate surface area is 85.1 Å². The lowest BCUT2D eigenvalue weighted by Gasteiger charge is -1.94. The number of aromatic amines is 1. The van der Waals surface area contributed by atoms with E-state index >= 15 is 0 Å². The largest absolute Gasteiger partial charge is 0.325 e. The second-order valence-corrected chi connectivity index (χ2v) is 3.81. The van der Waals surface area contributed by atoms with Gasteiger partial charge in [-0.3, -0.25) is 9.89 Å². The van der Waals surface area contributed by atoms with Crippen LogP contribution in [-0.2, 0) is 6.54 Å². The van der Waals surface area contributed by atoms with E-state index in [2.05, 4.69) is 15.1 Å². The summed E-state index contributed by atoms with van der Waals surface area (Å²) < 4.78 is 1.37. The van der Waals surface area contributed by atoms with E-state index in [0.717, 1.165) is 18.7 Å². The molecular formula is C9H11N5O. The first-order chi connectivity index (χ1) is 7.28. The Hall–Kier alpha value is -1.69.